The molecule has 39 heavy (non-hydrogen) atoms. The summed E-state index contributed by atoms with van der Waals surface area (Å²) in [7, 11) is 0. The Labute approximate surface area is 227 Å². The van der Waals surface area contributed by atoms with E-state index in [-0.39, 0.29) is 6.07 Å². The maximum Gasteiger partial charge on any atom is 0.416 e. The normalized spacial score (nSPS) is 22.6. The largest absolute Gasteiger partial charge is 0.416 e. The Kier molecular flexibility index (Phi) is 8.51. The highest BCUT2D eigenvalue weighted by atomic mass is 32.1. The molecule has 0 aliphatic carbocycles. The molecule has 0 amide bonds. The van der Waals surface area contributed by atoms with Gasteiger partial charge < -0.3 is 11.1 Å². The molecule has 208 valence electrons. The number of fused-ring (bicyclic) bond motifs is 4. The highest BCUT2D eigenvalue weighted by molar-refractivity contribution is 7.80. The highest BCUT2D eigenvalue weighted by Crippen LogP contribution is 2.39. The fourth-order valence-electron chi connectivity index (χ4n) is 5.42. The number of pyridine rings is 1. The van der Waals surface area contributed by atoms with E-state index in [9.17, 15) is 26.3 Å². The summed E-state index contributed by atoms with van der Waals surface area (Å²) in [6.45, 7) is 6.49. The summed E-state index contributed by atoms with van der Waals surface area (Å²) in [5, 5.41) is 2.93. The molecule has 3 aliphatic heterocycles. The second kappa shape index (κ2) is 11.5. The number of para-hydroxylation sites is 1. The van der Waals surface area contributed by atoms with Crippen molar-refractivity contribution in [3.05, 3.63) is 84.1 Å². The predicted octanol–water partition coefficient (Wildman–Crippen LogP) is 7.05. The summed E-state index contributed by atoms with van der Waals surface area (Å²) in [4.78, 5) is 7.16. The lowest BCUT2D eigenvalue weighted by atomic mass is 9.74. The molecule has 3 aromatic rings. The van der Waals surface area contributed by atoms with Crippen LogP contribution in [0, 0.1) is 11.8 Å². The summed E-state index contributed by atoms with van der Waals surface area (Å²) in [6.07, 6.45) is -1.82. The maximum atomic E-state index is 12.4. The van der Waals surface area contributed by atoms with Crippen molar-refractivity contribution >= 4 is 33.9 Å². The lowest BCUT2D eigenvalue weighted by molar-refractivity contribution is -0.143. The molecule has 0 radical (unpaired) electrons. The smallest absolute Gasteiger partial charge is 0.376 e. The zero-order valence-corrected chi connectivity index (χ0v) is 21.7. The number of nitrogens with two attached hydrogens (primary N) is 1. The highest BCUT2D eigenvalue weighted by Gasteiger charge is 2.39. The fraction of sp³-hybridized carbons (Fsp3) is 0.357. The van der Waals surface area contributed by atoms with Crippen LogP contribution in [0.25, 0.3) is 10.9 Å². The number of hydrogen-bond donors (Lipinski definition) is 2. The number of thiocarbonyl (C=S) groups is 1. The van der Waals surface area contributed by atoms with E-state index in [0.717, 1.165) is 17.9 Å². The zero-order valence-electron chi connectivity index (χ0n) is 20.9. The maximum absolute atomic E-state index is 12.4. The van der Waals surface area contributed by atoms with E-state index in [1.165, 1.54) is 36.9 Å². The van der Waals surface area contributed by atoms with Crippen LogP contribution in [0.5, 0.6) is 0 Å². The Morgan fingerprint density at radius 1 is 1.08 bits per heavy atom. The van der Waals surface area contributed by atoms with Gasteiger partial charge in [-0.05, 0) is 85.8 Å². The molecular formula is C28H28F6N4S. The fourth-order valence-corrected chi connectivity index (χ4v) is 5.53. The molecule has 2 aromatic carbocycles. The molecule has 11 heteroatoms. The van der Waals surface area contributed by atoms with E-state index in [2.05, 4.69) is 65.1 Å². The molecule has 3 N–H and O–H groups in total. The van der Waals surface area contributed by atoms with Crippen LogP contribution < -0.4 is 11.1 Å². The number of halogens is 6. The number of benzene rings is 2. The van der Waals surface area contributed by atoms with E-state index < -0.39 is 34.3 Å². The molecule has 3 aliphatic rings. The quantitative estimate of drug-likeness (QED) is 0.201. The lowest BCUT2D eigenvalue weighted by Gasteiger charge is -2.49. The Morgan fingerprint density at radius 3 is 2.31 bits per heavy atom. The molecule has 0 saturated carbocycles. The van der Waals surface area contributed by atoms with Crippen LogP contribution in [0.4, 0.5) is 32.0 Å². The first-order chi connectivity index (χ1) is 18.3. The van der Waals surface area contributed by atoms with Gasteiger partial charge in [-0.15, -0.1) is 6.58 Å². The average molecular weight is 567 g/mol. The predicted molar refractivity (Wildman–Crippen MR) is 144 cm³/mol. The number of alkyl halides is 6. The molecule has 4 atom stereocenters. The van der Waals surface area contributed by atoms with Crippen LogP contribution in [0.3, 0.4) is 0 Å². The molecular weight excluding hydrogens is 538 g/mol. The third-order valence-electron chi connectivity index (χ3n) is 7.28. The first-order valence-electron chi connectivity index (χ1n) is 12.4. The van der Waals surface area contributed by atoms with Crippen LogP contribution in [-0.4, -0.2) is 34.1 Å². The summed E-state index contributed by atoms with van der Waals surface area (Å²) in [6, 6.07) is 12.4. The third kappa shape index (κ3) is 7.07. The van der Waals surface area contributed by atoms with Crippen molar-refractivity contribution in [2.45, 2.75) is 37.7 Å². The van der Waals surface area contributed by atoms with Gasteiger partial charge in [0.05, 0.1) is 16.6 Å². The minimum atomic E-state index is -4.89. The molecule has 0 spiro atoms. The number of anilines is 1. The van der Waals surface area contributed by atoms with Gasteiger partial charge in [0.25, 0.3) is 0 Å². The first-order valence-corrected chi connectivity index (χ1v) is 12.8. The number of rotatable bonds is 4. The molecule has 1 aromatic heterocycles. The summed E-state index contributed by atoms with van der Waals surface area (Å²) < 4.78 is 74.5. The van der Waals surface area contributed by atoms with Crippen LogP contribution in [-0.2, 0) is 18.8 Å². The Balaban J connectivity index is 0.000000184. The number of nitrogens with zero attached hydrogens (tertiary/aromatic N) is 2. The van der Waals surface area contributed by atoms with E-state index in [1.54, 1.807) is 0 Å². The minimum absolute atomic E-state index is 0.0186. The molecule has 6 rings (SSSR count). The van der Waals surface area contributed by atoms with Gasteiger partial charge >= 0.3 is 12.4 Å². The van der Waals surface area contributed by atoms with E-state index >= 15 is 0 Å². The van der Waals surface area contributed by atoms with Gasteiger partial charge in [0.2, 0.25) is 0 Å². The summed E-state index contributed by atoms with van der Waals surface area (Å²) in [5.41, 5.74) is 4.24. The summed E-state index contributed by atoms with van der Waals surface area (Å²) >= 11 is 4.36. The molecule has 3 saturated heterocycles. The van der Waals surface area contributed by atoms with Gasteiger partial charge in [0.15, 0.2) is 5.11 Å². The standard InChI is InChI=1S/C19H22N2.C9H6F6N2S/c1-2-14-13-21-10-8-15(14)11-17(21)12-16-7-9-20-19-6-4-3-5-18(16)19;10-8(11,12)4-1-5(9(13,14)15)3-6(2-4)17-7(16)18/h2-7,9,14-15,17H,1,8,10-13H2;1-3H,(H3,16,17,18). The van der Waals surface area contributed by atoms with Gasteiger partial charge in [-0.2, -0.15) is 26.3 Å². The zero-order chi connectivity index (χ0) is 28.4. The van der Waals surface area contributed by atoms with Crippen molar-refractivity contribution < 1.29 is 26.3 Å². The van der Waals surface area contributed by atoms with Crippen molar-refractivity contribution in [1.82, 2.24) is 9.88 Å². The number of nitrogens with one attached hydrogen (secondary N) is 1. The van der Waals surface area contributed by atoms with Crippen molar-refractivity contribution in [3.8, 4) is 0 Å². The van der Waals surface area contributed by atoms with E-state index in [1.807, 2.05) is 11.5 Å². The van der Waals surface area contributed by atoms with Crippen molar-refractivity contribution in [3.63, 3.8) is 0 Å². The molecule has 4 heterocycles. The number of hydrogen-bond acceptors (Lipinski definition) is 3. The SMILES string of the molecule is C=CC1CN2CCC1CC2Cc1ccnc2ccccc12.NC(=S)Nc1cc(C(F)(F)F)cc(C(F)(F)F)c1. The second-order valence-electron chi connectivity index (χ2n) is 9.81. The molecule has 4 nitrogen and oxygen atoms in total. The van der Waals surface area contributed by atoms with E-state index in [0.29, 0.717) is 24.1 Å². The van der Waals surface area contributed by atoms with Crippen LogP contribution in [0.1, 0.15) is 29.5 Å². The number of aromatic nitrogens is 1. The monoisotopic (exact) mass is 566 g/mol. The van der Waals surface area contributed by atoms with Gasteiger partial charge in [-0.25, -0.2) is 0 Å². The molecule has 3 fully saturated rings. The van der Waals surface area contributed by atoms with Gasteiger partial charge in [-0.3, -0.25) is 9.88 Å². The van der Waals surface area contributed by atoms with Crippen molar-refractivity contribution in [2.24, 2.45) is 17.6 Å². The van der Waals surface area contributed by atoms with Crippen LogP contribution in [0.15, 0.2) is 67.4 Å². The Bertz CT molecular complexity index is 1300. The van der Waals surface area contributed by atoms with Gasteiger partial charge in [0.1, 0.15) is 0 Å². The Morgan fingerprint density at radius 2 is 1.74 bits per heavy atom. The van der Waals surface area contributed by atoms with Gasteiger partial charge in [0, 0.05) is 29.9 Å². The number of piperidine rings is 3. The third-order valence-corrected chi connectivity index (χ3v) is 7.38. The van der Waals surface area contributed by atoms with E-state index in [4.69, 9.17) is 5.73 Å². The first kappa shape index (κ1) is 28.8. The van der Waals surface area contributed by atoms with Crippen molar-refractivity contribution in [1.29, 1.82) is 0 Å². The lowest BCUT2D eigenvalue weighted by Crippen LogP contribution is -2.53. The molecule has 4 unspecified atom stereocenters. The van der Waals surface area contributed by atoms with Crippen molar-refractivity contribution in [2.75, 3.05) is 18.4 Å². The average Bonchev–Trinajstić information content (AvgIpc) is 2.88. The Hall–Kier alpha value is -3.18. The van der Waals surface area contributed by atoms with Crippen LogP contribution in [0.2, 0.25) is 0 Å². The minimum Gasteiger partial charge on any atom is -0.376 e. The molecule has 2 bridgehead atoms. The summed E-state index contributed by atoms with van der Waals surface area (Å²) in [5.74, 6) is 1.56. The topological polar surface area (TPSA) is 54.2 Å². The van der Waals surface area contributed by atoms with Crippen LogP contribution >= 0.6 is 12.2 Å². The second-order valence-corrected chi connectivity index (χ2v) is 10.2. The van der Waals surface area contributed by atoms with Gasteiger partial charge in [-0.1, -0.05) is 24.3 Å².